The van der Waals surface area contributed by atoms with Crippen LogP contribution >= 0.6 is 23.2 Å². The lowest BCUT2D eigenvalue weighted by Crippen LogP contribution is -2.11. The zero-order valence-corrected chi connectivity index (χ0v) is 10.8. The number of fused-ring (bicyclic) bond motifs is 1. The van der Waals surface area contributed by atoms with Crippen molar-refractivity contribution in [2.75, 3.05) is 5.73 Å². The summed E-state index contributed by atoms with van der Waals surface area (Å²) in [5.74, 6) is 0.271. The molecule has 2 rings (SSSR count). The smallest absolute Gasteiger partial charge is 0.176 e. The van der Waals surface area contributed by atoms with Gasteiger partial charge in [0.15, 0.2) is 11.4 Å². The predicted octanol–water partition coefficient (Wildman–Crippen LogP) is 4.01. The zero-order chi connectivity index (χ0) is 12.1. The highest BCUT2D eigenvalue weighted by Crippen LogP contribution is 2.40. The molecule has 1 aromatic carbocycles. The Balaban J connectivity index is 2.92. The topological polar surface area (TPSA) is 52.0 Å². The Morgan fingerprint density at radius 2 is 1.94 bits per heavy atom. The third-order valence-corrected chi connectivity index (χ3v) is 3.26. The molecule has 0 saturated heterocycles. The van der Waals surface area contributed by atoms with Crippen molar-refractivity contribution < 1.29 is 4.52 Å². The Morgan fingerprint density at radius 3 is 2.50 bits per heavy atom. The summed E-state index contributed by atoms with van der Waals surface area (Å²) in [7, 11) is 0. The van der Waals surface area contributed by atoms with E-state index in [0.717, 1.165) is 5.56 Å². The van der Waals surface area contributed by atoms with E-state index in [4.69, 9.17) is 33.5 Å². The predicted molar refractivity (Wildman–Crippen MR) is 67.1 cm³/mol. The van der Waals surface area contributed by atoms with Gasteiger partial charge < -0.3 is 10.3 Å². The van der Waals surface area contributed by atoms with Crippen LogP contribution in [0.25, 0.3) is 11.0 Å². The SMILES string of the molecule is CC(C)(C)c1cc(Cl)c(Cl)c2c(N)noc12. The first-order valence-electron chi connectivity index (χ1n) is 4.85. The Bertz CT molecular complexity index is 555. The number of nitrogens with two attached hydrogens (primary N) is 1. The van der Waals surface area contributed by atoms with Gasteiger partial charge >= 0.3 is 0 Å². The van der Waals surface area contributed by atoms with Crippen molar-refractivity contribution in [1.82, 2.24) is 5.16 Å². The molecule has 2 N–H and O–H groups in total. The number of nitrogen functional groups attached to an aromatic ring is 1. The number of rotatable bonds is 0. The fourth-order valence-electron chi connectivity index (χ4n) is 1.63. The van der Waals surface area contributed by atoms with Gasteiger partial charge in [0.1, 0.15) is 0 Å². The van der Waals surface area contributed by atoms with Gasteiger partial charge in [0.25, 0.3) is 0 Å². The van der Waals surface area contributed by atoms with E-state index in [2.05, 4.69) is 25.9 Å². The second-order valence-corrected chi connectivity index (χ2v) is 5.53. The van der Waals surface area contributed by atoms with Crippen LogP contribution in [0.5, 0.6) is 0 Å². The maximum absolute atomic E-state index is 6.08. The van der Waals surface area contributed by atoms with Gasteiger partial charge in [-0.25, -0.2) is 0 Å². The molecule has 2 aromatic rings. The first-order valence-corrected chi connectivity index (χ1v) is 5.61. The highest BCUT2D eigenvalue weighted by atomic mass is 35.5. The first-order chi connectivity index (χ1) is 7.32. The number of halogens is 2. The van der Waals surface area contributed by atoms with Gasteiger partial charge in [-0.3, -0.25) is 0 Å². The lowest BCUT2D eigenvalue weighted by Gasteiger charge is -2.19. The number of anilines is 1. The average molecular weight is 259 g/mol. The van der Waals surface area contributed by atoms with Gasteiger partial charge in [0, 0.05) is 5.56 Å². The molecule has 0 spiro atoms. The third kappa shape index (κ3) is 1.64. The fourth-order valence-corrected chi connectivity index (χ4v) is 2.07. The van der Waals surface area contributed by atoms with Crippen LogP contribution in [0.15, 0.2) is 10.6 Å². The monoisotopic (exact) mass is 258 g/mol. The minimum absolute atomic E-state index is 0.113. The molecule has 0 amide bonds. The summed E-state index contributed by atoms with van der Waals surface area (Å²) in [4.78, 5) is 0. The molecule has 0 aliphatic rings. The molecule has 3 nitrogen and oxygen atoms in total. The summed E-state index contributed by atoms with van der Waals surface area (Å²) >= 11 is 12.2. The van der Waals surface area contributed by atoms with Crippen LogP contribution in [0.4, 0.5) is 5.82 Å². The molecule has 0 saturated carbocycles. The molecule has 1 aromatic heterocycles. The van der Waals surface area contributed by atoms with Crippen LogP contribution in [-0.4, -0.2) is 5.16 Å². The molecule has 16 heavy (non-hydrogen) atoms. The number of benzene rings is 1. The largest absolute Gasteiger partial charge is 0.380 e. The minimum Gasteiger partial charge on any atom is -0.380 e. The second-order valence-electron chi connectivity index (χ2n) is 4.74. The molecule has 5 heteroatoms. The Labute approximate surface area is 103 Å². The van der Waals surface area contributed by atoms with Crippen molar-refractivity contribution in [3.05, 3.63) is 21.7 Å². The van der Waals surface area contributed by atoms with E-state index in [9.17, 15) is 0 Å². The maximum atomic E-state index is 6.08. The van der Waals surface area contributed by atoms with E-state index < -0.39 is 0 Å². The van der Waals surface area contributed by atoms with Gasteiger partial charge in [-0.05, 0) is 11.5 Å². The molecule has 0 unspecified atom stereocenters. The van der Waals surface area contributed by atoms with E-state index in [1.165, 1.54) is 0 Å². The van der Waals surface area contributed by atoms with Crippen molar-refractivity contribution >= 4 is 40.0 Å². The number of nitrogens with zero attached hydrogens (tertiary/aromatic N) is 1. The fraction of sp³-hybridized carbons (Fsp3) is 0.364. The molecule has 0 aliphatic heterocycles. The van der Waals surface area contributed by atoms with Gasteiger partial charge in [-0.1, -0.05) is 49.1 Å². The van der Waals surface area contributed by atoms with Gasteiger partial charge in [-0.2, -0.15) is 0 Å². The molecule has 0 radical (unpaired) electrons. The van der Waals surface area contributed by atoms with Crippen LogP contribution in [0.1, 0.15) is 26.3 Å². The van der Waals surface area contributed by atoms with Gasteiger partial charge in [-0.15, -0.1) is 0 Å². The summed E-state index contributed by atoms with van der Waals surface area (Å²) < 4.78 is 5.22. The lowest BCUT2D eigenvalue weighted by molar-refractivity contribution is 0.450. The lowest BCUT2D eigenvalue weighted by atomic mass is 9.86. The molecule has 0 aliphatic carbocycles. The molecule has 86 valence electrons. The van der Waals surface area contributed by atoms with E-state index >= 15 is 0 Å². The molecular formula is C11H12Cl2N2O. The summed E-state index contributed by atoms with van der Waals surface area (Å²) in [6.07, 6.45) is 0. The summed E-state index contributed by atoms with van der Waals surface area (Å²) in [5, 5.41) is 5.19. The zero-order valence-electron chi connectivity index (χ0n) is 9.27. The van der Waals surface area contributed by atoms with Crippen molar-refractivity contribution in [3.8, 4) is 0 Å². The van der Waals surface area contributed by atoms with Crippen LogP contribution in [-0.2, 0) is 5.41 Å². The molecule has 0 fully saturated rings. The van der Waals surface area contributed by atoms with Crippen molar-refractivity contribution in [2.45, 2.75) is 26.2 Å². The number of hydrogen-bond acceptors (Lipinski definition) is 3. The van der Waals surface area contributed by atoms with E-state index in [1.807, 2.05) is 0 Å². The van der Waals surface area contributed by atoms with E-state index in [0.29, 0.717) is 21.0 Å². The van der Waals surface area contributed by atoms with Crippen LogP contribution < -0.4 is 5.73 Å². The normalized spacial score (nSPS) is 12.3. The van der Waals surface area contributed by atoms with Crippen molar-refractivity contribution in [3.63, 3.8) is 0 Å². The standard InChI is InChI=1S/C11H12Cl2N2O/c1-11(2,3)5-4-6(12)8(13)7-9(5)16-15-10(7)14/h4H,1-3H3,(H2,14,15). The summed E-state index contributed by atoms with van der Waals surface area (Å²) in [6, 6.07) is 1.80. The van der Waals surface area contributed by atoms with Gasteiger partial charge in [0.05, 0.1) is 15.4 Å². The van der Waals surface area contributed by atoms with E-state index in [1.54, 1.807) is 6.07 Å². The Kier molecular flexibility index (Phi) is 2.55. The Hall–Kier alpha value is -0.930. The third-order valence-electron chi connectivity index (χ3n) is 2.47. The summed E-state index contributed by atoms with van der Waals surface area (Å²) in [6.45, 7) is 6.18. The van der Waals surface area contributed by atoms with Gasteiger partial charge in [0.2, 0.25) is 0 Å². The van der Waals surface area contributed by atoms with Crippen molar-refractivity contribution in [2.24, 2.45) is 0 Å². The summed E-state index contributed by atoms with van der Waals surface area (Å²) in [5.41, 5.74) is 7.15. The molecular weight excluding hydrogens is 247 g/mol. The average Bonchev–Trinajstić information content (AvgIpc) is 2.52. The maximum Gasteiger partial charge on any atom is 0.176 e. The highest BCUT2D eigenvalue weighted by molar-refractivity contribution is 6.45. The minimum atomic E-state index is -0.113. The second kappa shape index (κ2) is 3.54. The quantitative estimate of drug-likeness (QED) is 0.777. The first kappa shape index (κ1) is 11.6. The molecule has 1 heterocycles. The number of aromatic nitrogens is 1. The Morgan fingerprint density at radius 1 is 1.31 bits per heavy atom. The van der Waals surface area contributed by atoms with Crippen LogP contribution in [0.3, 0.4) is 0 Å². The highest BCUT2D eigenvalue weighted by Gasteiger charge is 2.24. The number of hydrogen-bond donors (Lipinski definition) is 1. The van der Waals surface area contributed by atoms with Crippen LogP contribution in [0.2, 0.25) is 10.0 Å². The molecule has 0 bridgehead atoms. The molecule has 0 atom stereocenters. The van der Waals surface area contributed by atoms with E-state index in [-0.39, 0.29) is 11.2 Å². The van der Waals surface area contributed by atoms with Crippen LogP contribution in [0, 0.1) is 0 Å². The van der Waals surface area contributed by atoms with Crippen molar-refractivity contribution in [1.29, 1.82) is 0 Å².